The number of carbonyl (C=O) groups excluding carboxylic acids is 2. The number of nitro benzene ring substituents is 1. The highest BCUT2D eigenvalue weighted by molar-refractivity contribution is 6.27. The topological polar surface area (TPSA) is 80.5 Å². The lowest BCUT2D eigenvalue weighted by atomic mass is 10.0. The van der Waals surface area contributed by atoms with Gasteiger partial charge in [0.25, 0.3) is 5.69 Å². The van der Waals surface area contributed by atoms with Crippen LogP contribution in [0.2, 0.25) is 0 Å². The number of nitro groups is 1. The minimum absolute atomic E-state index is 0.0268. The molecular formula is C17H14N2O4. The van der Waals surface area contributed by atoms with E-state index >= 15 is 0 Å². The molecule has 1 aliphatic rings. The van der Waals surface area contributed by atoms with Gasteiger partial charge in [-0.05, 0) is 16.7 Å². The van der Waals surface area contributed by atoms with E-state index in [-0.39, 0.29) is 5.69 Å². The first-order chi connectivity index (χ1) is 11.1. The highest BCUT2D eigenvalue weighted by Gasteiger charge is 2.34. The molecule has 23 heavy (non-hydrogen) atoms. The Morgan fingerprint density at radius 3 is 2.57 bits per heavy atom. The van der Waals surface area contributed by atoms with Gasteiger partial charge in [-0.25, -0.2) is 0 Å². The Morgan fingerprint density at radius 1 is 1.22 bits per heavy atom. The monoisotopic (exact) mass is 310 g/mol. The molecule has 2 aromatic carbocycles. The second-order valence-electron chi connectivity index (χ2n) is 5.45. The van der Waals surface area contributed by atoms with Crippen LogP contribution in [0.4, 0.5) is 5.69 Å². The summed E-state index contributed by atoms with van der Waals surface area (Å²) < 4.78 is 0. The van der Waals surface area contributed by atoms with Gasteiger partial charge in [0, 0.05) is 25.2 Å². The first kappa shape index (κ1) is 15.1. The minimum atomic E-state index is -0.584. The summed E-state index contributed by atoms with van der Waals surface area (Å²) in [5, 5.41) is 10.7. The number of nitrogens with zero attached hydrogens (tertiary/aromatic N) is 2. The third-order valence-corrected chi connectivity index (χ3v) is 4.01. The third-order valence-electron chi connectivity index (χ3n) is 4.01. The highest BCUT2D eigenvalue weighted by atomic mass is 16.6. The van der Waals surface area contributed by atoms with E-state index in [1.165, 1.54) is 12.1 Å². The van der Waals surface area contributed by atoms with Gasteiger partial charge >= 0.3 is 0 Å². The summed E-state index contributed by atoms with van der Waals surface area (Å²) in [5.74, 6) is -0.475. The van der Waals surface area contributed by atoms with Gasteiger partial charge in [0.1, 0.15) is 6.04 Å². The molecule has 0 radical (unpaired) electrons. The number of rotatable bonds is 5. The molecule has 0 bridgehead atoms. The molecule has 116 valence electrons. The Morgan fingerprint density at radius 2 is 1.91 bits per heavy atom. The molecule has 0 spiro atoms. The summed E-state index contributed by atoms with van der Waals surface area (Å²) in [4.78, 5) is 35.1. The summed E-state index contributed by atoms with van der Waals surface area (Å²) in [6.07, 6.45) is 0.357. The van der Waals surface area contributed by atoms with Gasteiger partial charge in [-0.1, -0.05) is 36.4 Å². The van der Waals surface area contributed by atoms with Crippen LogP contribution in [0.5, 0.6) is 0 Å². The molecule has 6 nitrogen and oxygen atoms in total. The third kappa shape index (κ3) is 2.89. The van der Waals surface area contributed by atoms with Gasteiger partial charge in [0.15, 0.2) is 6.29 Å². The summed E-state index contributed by atoms with van der Waals surface area (Å²) >= 11 is 0. The van der Waals surface area contributed by atoms with Crippen molar-refractivity contribution in [2.45, 2.75) is 19.1 Å². The number of aldehydes is 1. The van der Waals surface area contributed by atoms with Gasteiger partial charge < -0.3 is 0 Å². The highest BCUT2D eigenvalue weighted by Crippen LogP contribution is 2.35. The van der Waals surface area contributed by atoms with Crippen molar-refractivity contribution in [1.29, 1.82) is 0 Å². The van der Waals surface area contributed by atoms with E-state index in [2.05, 4.69) is 0 Å². The molecule has 3 rings (SSSR count). The van der Waals surface area contributed by atoms with Gasteiger partial charge in [-0.15, -0.1) is 0 Å². The molecule has 0 amide bonds. The van der Waals surface area contributed by atoms with E-state index in [0.29, 0.717) is 19.4 Å². The number of ketones is 1. The van der Waals surface area contributed by atoms with Gasteiger partial charge in [0.05, 0.1) is 4.92 Å². The first-order valence-electron chi connectivity index (χ1n) is 7.14. The summed E-state index contributed by atoms with van der Waals surface area (Å²) in [7, 11) is 0. The normalized spacial score (nSPS) is 16.8. The maximum Gasteiger partial charge on any atom is 0.269 e. The zero-order valence-corrected chi connectivity index (χ0v) is 12.2. The quantitative estimate of drug-likeness (QED) is 0.367. The van der Waals surface area contributed by atoms with Crippen molar-refractivity contribution in [2.75, 3.05) is 0 Å². The zero-order valence-electron chi connectivity index (χ0n) is 12.2. The molecule has 0 aliphatic carbocycles. The Balaban J connectivity index is 1.86. The van der Waals surface area contributed by atoms with E-state index in [9.17, 15) is 19.7 Å². The summed E-state index contributed by atoms with van der Waals surface area (Å²) in [6.45, 7) is 1.01. The lowest BCUT2D eigenvalue weighted by Gasteiger charge is -2.22. The van der Waals surface area contributed by atoms with Crippen molar-refractivity contribution in [3.8, 4) is 0 Å². The molecular weight excluding hydrogens is 296 g/mol. The molecule has 1 unspecified atom stereocenters. The molecule has 1 heterocycles. The number of benzene rings is 2. The molecule has 6 heteroatoms. The molecule has 2 aromatic rings. The lowest BCUT2D eigenvalue weighted by Crippen LogP contribution is -2.28. The number of hydrogen-bond donors (Lipinski definition) is 0. The number of hydrogen-bond acceptors (Lipinski definition) is 5. The van der Waals surface area contributed by atoms with Crippen LogP contribution in [-0.4, -0.2) is 21.9 Å². The second-order valence-corrected chi connectivity index (χ2v) is 5.45. The molecule has 1 atom stereocenters. The Labute approximate surface area is 132 Å². The van der Waals surface area contributed by atoms with E-state index in [1.54, 1.807) is 12.1 Å². The van der Waals surface area contributed by atoms with E-state index < -0.39 is 16.7 Å². The van der Waals surface area contributed by atoms with E-state index in [1.807, 2.05) is 29.2 Å². The van der Waals surface area contributed by atoms with Gasteiger partial charge in [-0.3, -0.25) is 24.6 Å². The van der Waals surface area contributed by atoms with E-state index in [4.69, 9.17) is 0 Å². The Bertz CT molecular complexity index is 770. The van der Waals surface area contributed by atoms with Crippen molar-refractivity contribution in [3.05, 3.63) is 75.3 Å². The van der Waals surface area contributed by atoms with Gasteiger partial charge in [0.2, 0.25) is 5.78 Å². The van der Waals surface area contributed by atoms with Crippen LogP contribution >= 0.6 is 0 Å². The van der Waals surface area contributed by atoms with Crippen molar-refractivity contribution in [3.63, 3.8) is 0 Å². The van der Waals surface area contributed by atoms with Crippen molar-refractivity contribution < 1.29 is 14.5 Å². The smallest absolute Gasteiger partial charge is 0.269 e. The standard InChI is InChI=1S/C17H14N2O4/c20-11-16(21)17-15-4-2-1-3-13(15)10-18(17)9-12-5-7-14(8-6-12)19(22)23/h1-8,11,17H,9-10H2. The summed E-state index contributed by atoms with van der Waals surface area (Å²) in [5.41, 5.74) is 2.76. The fourth-order valence-electron chi connectivity index (χ4n) is 2.95. The number of carbonyl (C=O) groups is 2. The fraction of sp³-hybridized carbons (Fsp3) is 0.176. The largest absolute Gasteiger partial charge is 0.295 e. The Kier molecular flexibility index (Phi) is 3.99. The number of non-ortho nitro benzene ring substituents is 1. The van der Waals surface area contributed by atoms with Crippen molar-refractivity contribution in [1.82, 2.24) is 4.90 Å². The molecule has 0 fully saturated rings. The second kappa shape index (κ2) is 6.10. The number of Topliss-reactive ketones (excluding diaryl/α,β-unsaturated/α-hetero) is 1. The van der Waals surface area contributed by atoms with Crippen LogP contribution in [0.3, 0.4) is 0 Å². The van der Waals surface area contributed by atoms with Crippen LogP contribution < -0.4 is 0 Å². The fourth-order valence-corrected chi connectivity index (χ4v) is 2.95. The van der Waals surface area contributed by atoms with Gasteiger partial charge in [-0.2, -0.15) is 0 Å². The maximum atomic E-state index is 12.0. The molecule has 0 N–H and O–H groups in total. The average Bonchev–Trinajstić information content (AvgIpc) is 2.92. The molecule has 0 saturated carbocycles. The first-order valence-corrected chi connectivity index (χ1v) is 7.14. The molecule has 0 aromatic heterocycles. The number of fused-ring (bicyclic) bond motifs is 1. The van der Waals surface area contributed by atoms with Crippen LogP contribution in [0.1, 0.15) is 22.7 Å². The average molecular weight is 310 g/mol. The van der Waals surface area contributed by atoms with Crippen LogP contribution in [0.15, 0.2) is 48.5 Å². The molecule has 1 aliphatic heterocycles. The zero-order chi connectivity index (χ0) is 16.4. The molecule has 0 saturated heterocycles. The van der Waals surface area contributed by atoms with Crippen LogP contribution in [0.25, 0.3) is 0 Å². The van der Waals surface area contributed by atoms with Crippen LogP contribution in [0, 0.1) is 10.1 Å². The van der Waals surface area contributed by atoms with Crippen LogP contribution in [-0.2, 0) is 22.7 Å². The predicted octanol–water partition coefficient (Wildman–Crippen LogP) is 2.42. The predicted molar refractivity (Wildman–Crippen MR) is 82.6 cm³/mol. The Hall–Kier alpha value is -2.86. The minimum Gasteiger partial charge on any atom is -0.295 e. The maximum absolute atomic E-state index is 12.0. The summed E-state index contributed by atoms with van der Waals surface area (Å²) in [6, 6.07) is 13.2. The van der Waals surface area contributed by atoms with E-state index in [0.717, 1.165) is 16.7 Å². The SMILES string of the molecule is O=CC(=O)C1c2ccccc2CN1Cc1ccc([N+](=O)[O-])cc1. The van der Waals surface area contributed by atoms with Crippen molar-refractivity contribution in [2.24, 2.45) is 0 Å². The lowest BCUT2D eigenvalue weighted by molar-refractivity contribution is -0.384. The van der Waals surface area contributed by atoms with Crippen molar-refractivity contribution >= 4 is 17.8 Å².